The SMILES string of the molecule is COc1cc(C(=O)O)c(N=Nc2c(S(=O)(=O)O)cc3cc(NC(=O)C(=O)Nc4ccc5c(O)c(N=Nc6c(C(=O)O)cc(OC)c(OC)c6OC)c(S(=O)(=O)O)cc5c4)ccc3c2O)c(OC)c1OC. The van der Waals surface area contributed by atoms with Crippen LogP contribution in [0, 0.1) is 0 Å². The molecular formula is C42H36N6O20S2. The van der Waals surface area contributed by atoms with Crippen LogP contribution in [-0.4, -0.2) is 113 Å². The third-order valence-corrected chi connectivity index (χ3v) is 11.7. The fraction of sp³-hybridized carbons (Fsp3) is 0.143. The van der Waals surface area contributed by atoms with E-state index in [1.807, 2.05) is 0 Å². The highest BCUT2D eigenvalue weighted by Crippen LogP contribution is 2.50. The number of hydrogen-bond donors (Lipinski definition) is 8. The summed E-state index contributed by atoms with van der Waals surface area (Å²) in [6.07, 6.45) is 0. The lowest BCUT2D eigenvalue weighted by Gasteiger charge is -2.15. The predicted molar refractivity (Wildman–Crippen MR) is 243 cm³/mol. The molecule has 28 heteroatoms. The van der Waals surface area contributed by atoms with Crippen LogP contribution in [0.2, 0.25) is 0 Å². The number of aromatic carboxylic acids is 2. The molecule has 0 aliphatic carbocycles. The topological polar surface area (TPSA) is 387 Å². The van der Waals surface area contributed by atoms with Gasteiger partial charge in [-0.15, -0.1) is 20.5 Å². The highest BCUT2D eigenvalue weighted by Gasteiger charge is 2.29. The number of aromatic hydroxyl groups is 2. The Morgan fingerprint density at radius 2 is 0.800 bits per heavy atom. The van der Waals surface area contributed by atoms with Gasteiger partial charge in [0.2, 0.25) is 11.5 Å². The number of hydrogen-bond acceptors (Lipinski definition) is 20. The standard InChI is InChI=1S/C42H36N6O20S2/c1-63-25-15-23(41(53)54)29(37(67-5)35(25)65-3)45-47-31-27(69(57,58)59)13-17-11-19(7-9-21(17)33(31)49)43-39(51)40(52)44-20-8-10-22-18(12-20)14-28(70(60,61)62)32(34(22)50)48-46-30-24(42(55)56)16-26(64-2)36(66-4)38(30)68-6/h7-16,49-50H,1-6H3,(H,43,51)(H,44,52)(H,53,54)(H,55,56)(H,57,58,59)(H,60,61,62). The molecule has 0 saturated heterocycles. The summed E-state index contributed by atoms with van der Waals surface area (Å²) in [5.74, 6) is -8.39. The molecule has 70 heavy (non-hydrogen) atoms. The van der Waals surface area contributed by atoms with E-state index in [4.69, 9.17) is 28.4 Å². The Balaban J connectivity index is 1.31. The van der Waals surface area contributed by atoms with Crippen LogP contribution in [0.5, 0.6) is 46.0 Å². The van der Waals surface area contributed by atoms with Crippen molar-refractivity contribution in [2.24, 2.45) is 20.5 Å². The van der Waals surface area contributed by atoms with Crippen LogP contribution in [0.25, 0.3) is 21.5 Å². The second kappa shape index (κ2) is 19.8. The molecule has 0 aliphatic rings. The molecule has 26 nitrogen and oxygen atoms in total. The maximum atomic E-state index is 13.1. The van der Waals surface area contributed by atoms with Crippen LogP contribution in [-0.2, 0) is 29.8 Å². The molecule has 0 saturated carbocycles. The minimum absolute atomic E-state index is 0.0669. The molecule has 8 N–H and O–H groups in total. The fourth-order valence-corrected chi connectivity index (χ4v) is 8.14. The number of amides is 2. The first-order valence-corrected chi connectivity index (χ1v) is 22.0. The van der Waals surface area contributed by atoms with Gasteiger partial charge in [-0.25, -0.2) is 9.59 Å². The van der Waals surface area contributed by atoms with Gasteiger partial charge in [-0.1, -0.05) is 0 Å². The molecule has 2 amide bonds. The third kappa shape index (κ3) is 9.76. The number of carbonyl (C=O) groups excluding carboxylic acids is 2. The van der Waals surface area contributed by atoms with E-state index in [2.05, 4.69) is 31.1 Å². The fourth-order valence-electron chi connectivity index (χ4n) is 6.83. The number of ether oxygens (including phenoxy) is 6. The number of nitrogens with one attached hydrogen (secondary N) is 2. The quantitative estimate of drug-likeness (QED) is 0.0282. The molecule has 0 unspecified atom stereocenters. The Labute approximate surface area is 393 Å². The highest BCUT2D eigenvalue weighted by atomic mass is 32.2. The predicted octanol–water partition coefficient (Wildman–Crippen LogP) is 6.75. The highest BCUT2D eigenvalue weighted by molar-refractivity contribution is 7.86. The number of azo groups is 2. The maximum Gasteiger partial charge on any atom is 0.338 e. The third-order valence-electron chi connectivity index (χ3n) is 9.95. The van der Waals surface area contributed by atoms with Gasteiger partial charge in [0.05, 0.1) is 53.8 Å². The van der Waals surface area contributed by atoms with Gasteiger partial charge in [0, 0.05) is 34.3 Å². The van der Waals surface area contributed by atoms with Crippen molar-refractivity contribution in [1.82, 2.24) is 0 Å². The van der Waals surface area contributed by atoms with E-state index < -0.39 is 99.2 Å². The van der Waals surface area contributed by atoms with Gasteiger partial charge in [-0.2, -0.15) is 16.8 Å². The molecule has 0 aliphatic heterocycles. The number of methoxy groups -OCH3 is 6. The average molecular weight is 1010 g/mol. The smallest absolute Gasteiger partial charge is 0.338 e. The van der Waals surface area contributed by atoms with Crippen molar-refractivity contribution < 1.29 is 94.0 Å². The monoisotopic (exact) mass is 1010 g/mol. The van der Waals surface area contributed by atoms with E-state index in [1.165, 1.54) is 52.7 Å². The summed E-state index contributed by atoms with van der Waals surface area (Å²) in [4.78, 5) is 48.5. The van der Waals surface area contributed by atoms with Gasteiger partial charge in [-0.3, -0.25) is 18.7 Å². The van der Waals surface area contributed by atoms with Crippen LogP contribution in [0.4, 0.5) is 34.1 Å². The van der Waals surface area contributed by atoms with Gasteiger partial charge in [-0.05, 0) is 59.3 Å². The number of fused-ring (bicyclic) bond motifs is 2. The van der Waals surface area contributed by atoms with Crippen molar-refractivity contribution in [3.8, 4) is 46.0 Å². The van der Waals surface area contributed by atoms with Crippen LogP contribution >= 0.6 is 0 Å². The number of benzene rings is 6. The second-order valence-electron chi connectivity index (χ2n) is 14.0. The van der Waals surface area contributed by atoms with Crippen molar-refractivity contribution >= 4 is 99.7 Å². The number of anilines is 2. The van der Waals surface area contributed by atoms with Gasteiger partial charge in [0.1, 0.15) is 32.5 Å². The summed E-state index contributed by atoms with van der Waals surface area (Å²) in [6, 6.07) is 10.7. The number of nitrogens with zero attached hydrogens (tertiary/aromatic N) is 4. The molecule has 0 heterocycles. The molecule has 0 atom stereocenters. The summed E-state index contributed by atoms with van der Waals surface area (Å²) < 4.78 is 102. The lowest BCUT2D eigenvalue weighted by Crippen LogP contribution is -2.29. The zero-order valence-corrected chi connectivity index (χ0v) is 38.4. The largest absolute Gasteiger partial charge is 0.505 e. The lowest BCUT2D eigenvalue weighted by atomic mass is 10.1. The van der Waals surface area contributed by atoms with Crippen LogP contribution in [0.3, 0.4) is 0 Å². The molecular weight excluding hydrogens is 973 g/mol. The number of phenolic OH excluding ortho intramolecular Hbond substituents is 2. The van der Waals surface area contributed by atoms with Crippen LogP contribution in [0.15, 0.2) is 90.9 Å². The van der Waals surface area contributed by atoms with Gasteiger partial charge < -0.3 is 59.5 Å². The summed E-state index contributed by atoms with van der Waals surface area (Å²) in [5.41, 5.74) is -4.02. The van der Waals surface area contributed by atoms with Crippen LogP contribution in [0.1, 0.15) is 20.7 Å². The van der Waals surface area contributed by atoms with E-state index in [0.29, 0.717) is 0 Å². The molecule has 6 aromatic rings. The molecule has 0 radical (unpaired) electrons. The first-order chi connectivity index (χ1) is 33.0. The second-order valence-corrected chi connectivity index (χ2v) is 16.7. The van der Waals surface area contributed by atoms with Gasteiger partial charge >= 0.3 is 23.8 Å². The molecule has 0 spiro atoms. The zero-order valence-electron chi connectivity index (χ0n) is 36.8. The lowest BCUT2D eigenvalue weighted by molar-refractivity contribution is -0.132. The van der Waals surface area contributed by atoms with Crippen molar-refractivity contribution in [3.63, 3.8) is 0 Å². The summed E-state index contributed by atoms with van der Waals surface area (Å²) in [6.45, 7) is 0. The van der Waals surface area contributed by atoms with E-state index in [-0.39, 0.29) is 67.4 Å². The Kier molecular flexibility index (Phi) is 14.3. The van der Waals surface area contributed by atoms with Crippen molar-refractivity contribution in [2.75, 3.05) is 53.3 Å². The van der Waals surface area contributed by atoms with Crippen LogP contribution < -0.4 is 39.1 Å². The van der Waals surface area contributed by atoms with Crippen molar-refractivity contribution in [3.05, 3.63) is 71.8 Å². The zero-order chi connectivity index (χ0) is 51.6. The number of carboxylic acids is 2. The summed E-state index contributed by atoms with van der Waals surface area (Å²) in [7, 11) is -3.25. The number of phenols is 2. The Hall–Kier alpha value is -8.86. The molecule has 0 bridgehead atoms. The van der Waals surface area contributed by atoms with Crippen molar-refractivity contribution in [2.45, 2.75) is 9.79 Å². The van der Waals surface area contributed by atoms with Gasteiger partial charge in [0.25, 0.3) is 20.2 Å². The number of carbonyl (C=O) groups is 4. The van der Waals surface area contributed by atoms with Gasteiger partial charge in [0.15, 0.2) is 34.5 Å². The summed E-state index contributed by atoms with van der Waals surface area (Å²) >= 11 is 0. The van der Waals surface area contributed by atoms with E-state index in [0.717, 1.165) is 50.6 Å². The van der Waals surface area contributed by atoms with E-state index >= 15 is 0 Å². The minimum Gasteiger partial charge on any atom is -0.505 e. The molecule has 0 aromatic heterocycles. The Morgan fingerprint density at radius 3 is 1.09 bits per heavy atom. The first-order valence-electron chi connectivity index (χ1n) is 19.2. The van der Waals surface area contributed by atoms with Crippen molar-refractivity contribution in [1.29, 1.82) is 0 Å². The molecule has 0 fully saturated rings. The Morgan fingerprint density at radius 1 is 0.471 bits per heavy atom. The summed E-state index contributed by atoms with van der Waals surface area (Å²) in [5, 5.41) is 61.5. The molecule has 6 aromatic carbocycles. The van der Waals surface area contributed by atoms with E-state index in [9.17, 15) is 65.5 Å². The van der Waals surface area contributed by atoms with E-state index in [1.54, 1.807) is 0 Å². The number of carboxylic acid groups (broad SMARTS) is 2. The Bertz CT molecular complexity index is 3260. The molecule has 6 rings (SSSR count). The maximum absolute atomic E-state index is 13.1. The normalized spacial score (nSPS) is 11.7. The number of rotatable bonds is 16. The average Bonchev–Trinajstić information content (AvgIpc) is 3.31. The first kappa shape index (κ1) is 50.6. The minimum atomic E-state index is -5.22. The molecule has 366 valence electrons.